The second-order valence-corrected chi connectivity index (χ2v) is 5.88. The third kappa shape index (κ3) is 3.05. The molecule has 0 aliphatic heterocycles. The number of hydrogen-bond donors (Lipinski definition) is 1. The van der Waals surface area contributed by atoms with Crippen molar-refractivity contribution in [3.8, 4) is 0 Å². The second kappa shape index (κ2) is 5.78. The molecule has 1 aliphatic carbocycles. The lowest BCUT2D eigenvalue weighted by molar-refractivity contribution is 0.528. The summed E-state index contributed by atoms with van der Waals surface area (Å²) in [5.74, 6) is 3.32. The highest BCUT2D eigenvalue weighted by Gasteiger charge is 2.31. The van der Waals surface area contributed by atoms with Crippen molar-refractivity contribution in [1.82, 2.24) is 9.88 Å². The van der Waals surface area contributed by atoms with Crippen molar-refractivity contribution in [2.45, 2.75) is 32.4 Å². The van der Waals surface area contributed by atoms with Gasteiger partial charge in [0.15, 0.2) is 0 Å². The Hall–Kier alpha value is -0.410. The van der Waals surface area contributed by atoms with Gasteiger partial charge in [0, 0.05) is 30.7 Å². The van der Waals surface area contributed by atoms with Crippen LogP contribution in [0.2, 0.25) is 0 Å². The van der Waals surface area contributed by atoms with Crippen LogP contribution in [-0.4, -0.2) is 23.1 Å². The summed E-state index contributed by atoms with van der Waals surface area (Å²) in [6, 6.07) is 2.86. The van der Waals surface area contributed by atoms with Gasteiger partial charge >= 0.3 is 0 Å². The minimum absolute atomic E-state index is 0.583. The van der Waals surface area contributed by atoms with Crippen LogP contribution in [0, 0.1) is 5.92 Å². The molecule has 0 spiro atoms. The average Bonchev–Trinajstić information content (AvgIpc) is 3.01. The second-order valence-electron chi connectivity index (χ2n) is 4.48. The maximum Gasteiger partial charge on any atom is 0.0361 e. The van der Waals surface area contributed by atoms with Gasteiger partial charge in [-0.2, -0.15) is 11.8 Å². The maximum absolute atomic E-state index is 3.44. The molecule has 0 radical (unpaired) electrons. The number of aryl methyl sites for hydroxylation is 1. The summed E-state index contributed by atoms with van der Waals surface area (Å²) in [7, 11) is 2.08. The van der Waals surface area contributed by atoms with Gasteiger partial charge < -0.3 is 9.88 Å². The molecule has 90 valence electrons. The van der Waals surface area contributed by atoms with E-state index in [1.165, 1.54) is 29.9 Å². The normalized spacial score (nSPS) is 17.6. The van der Waals surface area contributed by atoms with Gasteiger partial charge in [-0.25, -0.2) is 0 Å². The molecule has 1 atom stereocenters. The van der Waals surface area contributed by atoms with Crippen molar-refractivity contribution in [3.05, 3.63) is 24.0 Å². The zero-order valence-corrected chi connectivity index (χ0v) is 11.1. The Morgan fingerprint density at radius 3 is 3.00 bits per heavy atom. The molecule has 1 fully saturated rings. The zero-order valence-electron chi connectivity index (χ0n) is 10.3. The SMILES string of the molecule is CCSCCn1ccc(C(NC)C2CC2)c1. The van der Waals surface area contributed by atoms with Gasteiger partial charge in [0.25, 0.3) is 0 Å². The third-order valence-corrected chi connectivity index (χ3v) is 4.11. The summed E-state index contributed by atoms with van der Waals surface area (Å²) in [4.78, 5) is 0. The third-order valence-electron chi connectivity index (χ3n) is 3.23. The first-order chi connectivity index (χ1) is 7.85. The molecular formula is C13H22N2S. The van der Waals surface area contributed by atoms with Crippen molar-refractivity contribution in [2.24, 2.45) is 5.92 Å². The summed E-state index contributed by atoms with van der Waals surface area (Å²) >= 11 is 2.01. The molecule has 1 aromatic rings. The molecule has 0 bridgehead atoms. The largest absolute Gasteiger partial charge is 0.353 e. The Labute approximate surface area is 103 Å². The topological polar surface area (TPSA) is 17.0 Å². The molecule has 2 nitrogen and oxygen atoms in total. The molecule has 1 N–H and O–H groups in total. The predicted octanol–water partition coefficient (Wildman–Crippen LogP) is 2.91. The monoisotopic (exact) mass is 238 g/mol. The van der Waals surface area contributed by atoms with Gasteiger partial charge in [-0.15, -0.1) is 0 Å². The molecule has 0 aromatic carbocycles. The minimum atomic E-state index is 0.583. The molecule has 0 amide bonds. The number of hydrogen-bond acceptors (Lipinski definition) is 2. The van der Waals surface area contributed by atoms with E-state index in [1.54, 1.807) is 0 Å². The van der Waals surface area contributed by atoms with Crippen molar-refractivity contribution in [2.75, 3.05) is 18.6 Å². The summed E-state index contributed by atoms with van der Waals surface area (Å²) in [5, 5.41) is 3.44. The molecule has 0 saturated heterocycles. The summed E-state index contributed by atoms with van der Waals surface area (Å²) < 4.78 is 2.32. The predicted molar refractivity (Wildman–Crippen MR) is 72.0 cm³/mol. The fourth-order valence-electron chi connectivity index (χ4n) is 2.20. The molecule has 1 aliphatic rings. The average molecular weight is 238 g/mol. The highest BCUT2D eigenvalue weighted by molar-refractivity contribution is 7.99. The number of nitrogens with zero attached hydrogens (tertiary/aromatic N) is 1. The summed E-state index contributed by atoms with van der Waals surface area (Å²) in [5.41, 5.74) is 1.46. The van der Waals surface area contributed by atoms with E-state index in [2.05, 4.69) is 42.3 Å². The van der Waals surface area contributed by atoms with Crippen molar-refractivity contribution in [3.63, 3.8) is 0 Å². The van der Waals surface area contributed by atoms with E-state index >= 15 is 0 Å². The molecule has 3 heteroatoms. The van der Waals surface area contributed by atoms with E-state index in [0.29, 0.717) is 6.04 Å². The standard InChI is InChI=1S/C13H22N2S/c1-3-16-9-8-15-7-6-12(10-15)13(14-2)11-4-5-11/h6-7,10-11,13-14H,3-5,8-9H2,1-2H3. The minimum Gasteiger partial charge on any atom is -0.353 e. The number of rotatable bonds is 7. The summed E-state index contributed by atoms with van der Waals surface area (Å²) in [6.07, 6.45) is 7.32. The van der Waals surface area contributed by atoms with Gasteiger partial charge in [-0.3, -0.25) is 0 Å². The molecule has 1 unspecified atom stereocenters. The van der Waals surface area contributed by atoms with Crippen LogP contribution in [0.25, 0.3) is 0 Å². The summed E-state index contributed by atoms with van der Waals surface area (Å²) in [6.45, 7) is 3.36. The van der Waals surface area contributed by atoms with Crippen LogP contribution in [-0.2, 0) is 6.54 Å². The van der Waals surface area contributed by atoms with Gasteiger partial charge in [0.2, 0.25) is 0 Å². The fourth-order valence-corrected chi connectivity index (χ4v) is 2.83. The Morgan fingerprint density at radius 2 is 2.38 bits per heavy atom. The van der Waals surface area contributed by atoms with Gasteiger partial charge in [0.1, 0.15) is 0 Å². The molecule has 1 heterocycles. The van der Waals surface area contributed by atoms with E-state index in [0.717, 1.165) is 12.5 Å². The molecule has 2 rings (SSSR count). The van der Waals surface area contributed by atoms with Crippen LogP contribution >= 0.6 is 11.8 Å². The van der Waals surface area contributed by atoms with Crippen LogP contribution in [0.15, 0.2) is 18.5 Å². The molecular weight excluding hydrogens is 216 g/mol. The number of thioether (sulfide) groups is 1. The lowest BCUT2D eigenvalue weighted by atomic mass is 10.1. The van der Waals surface area contributed by atoms with Gasteiger partial charge in [0.05, 0.1) is 0 Å². The highest BCUT2D eigenvalue weighted by Crippen LogP contribution is 2.40. The van der Waals surface area contributed by atoms with E-state index in [9.17, 15) is 0 Å². The Morgan fingerprint density at radius 1 is 1.56 bits per heavy atom. The first kappa shape index (κ1) is 12.1. The van der Waals surface area contributed by atoms with Gasteiger partial charge in [-0.05, 0) is 43.2 Å². The van der Waals surface area contributed by atoms with Crippen molar-refractivity contribution in [1.29, 1.82) is 0 Å². The molecule has 16 heavy (non-hydrogen) atoms. The van der Waals surface area contributed by atoms with E-state index in [4.69, 9.17) is 0 Å². The van der Waals surface area contributed by atoms with E-state index in [1.807, 2.05) is 11.8 Å². The Kier molecular flexibility index (Phi) is 4.36. The highest BCUT2D eigenvalue weighted by atomic mass is 32.2. The van der Waals surface area contributed by atoms with Crippen LogP contribution in [0.5, 0.6) is 0 Å². The first-order valence-corrected chi connectivity index (χ1v) is 7.41. The number of aromatic nitrogens is 1. The van der Waals surface area contributed by atoms with Crippen LogP contribution in [0.1, 0.15) is 31.4 Å². The lowest BCUT2D eigenvalue weighted by Crippen LogP contribution is -2.17. The number of nitrogens with one attached hydrogen (secondary N) is 1. The quantitative estimate of drug-likeness (QED) is 0.736. The van der Waals surface area contributed by atoms with Gasteiger partial charge in [-0.1, -0.05) is 6.92 Å². The first-order valence-electron chi connectivity index (χ1n) is 6.25. The smallest absolute Gasteiger partial charge is 0.0361 e. The lowest BCUT2D eigenvalue weighted by Gasteiger charge is -2.13. The van der Waals surface area contributed by atoms with Crippen LogP contribution < -0.4 is 5.32 Å². The van der Waals surface area contributed by atoms with Crippen LogP contribution in [0.3, 0.4) is 0 Å². The molecule has 1 aromatic heterocycles. The van der Waals surface area contributed by atoms with E-state index in [-0.39, 0.29) is 0 Å². The molecule has 1 saturated carbocycles. The maximum atomic E-state index is 3.44. The van der Waals surface area contributed by atoms with Crippen LogP contribution in [0.4, 0.5) is 0 Å². The fraction of sp³-hybridized carbons (Fsp3) is 0.692. The Balaban J connectivity index is 1.90. The van der Waals surface area contributed by atoms with Crippen molar-refractivity contribution >= 4 is 11.8 Å². The van der Waals surface area contributed by atoms with Crippen molar-refractivity contribution < 1.29 is 0 Å². The Bertz CT molecular complexity index is 317. The zero-order chi connectivity index (χ0) is 11.4. The van der Waals surface area contributed by atoms with E-state index < -0.39 is 0 Å².